The molecule has 0 radical (unpaired) electrons. The Balaban J connectivity index is 2.22. The van der Waals surface area contributed by atoms with E-state index >= 15 is 0 Å². The number of carbonyl (C=O) groups is 1. The molecule has 0 saturated carbocycles. The van der Waals surface area contributed by atoms with Crippen LogP contribution in [0.3, 0.4) is 0 Å². The van der Waals surface area contributed by atoms with Gasteiger partial charge >= 0.3 is 6.18 Å². The molecule has 146 valence electrons. The Morgan fingerprint density at radius 1 is 1.07 bits per heavy atom. The molecule has 2 aromatic rings. The van der Waals surface area contributed by atoms with E-state index in [0.29, 0.717) is 12.1 Å². The van der Waals surface area contributed by atoms with Gasteiger partial charge in [0.05, 0.1) is 11.3 Å². The number of hydrogen-bond acceptors (Lipinski definition) is 2. The molecule has 1 unspecified atom stereocenters. The number of benzene rings is 2. The van der Waals surface area contributed by atoms with Crippen LogP contribution in [0.5, 0.6) is 0 Å². The Morgan fingerprint density at radius 3 is 2.19 bits per heavy atom. The fraction of sp³-hybridized carbons (Fsp3) is 0.235. The summed E-state index contributed by atoms with van der Waals surface area (Å²) < 4.78 is 89.5. The summed E-state index contributed by atoms with van der Waals surface area (Å²) in [6.07, 6.45) is -7.82. The molecular weight excluding hydrogens is 399 g/mol. The zero-order valence-corrected chi connectivity index (χ0v) is 14.4. The van der Waals surface area contributed by atoms with Crippen molar-refractivity contribution in [1.82, 2.24) is 0 Å². The van der Waals surface area contributed by atoms with Crippen LogP contribution in [0, 0.1) is 12.7 Å². The molecule has 1 atom stereocenters. The van der Waals surface area contributed by atoms with Gasteiger partial charge in [0.1, 0.15) is 5.82 Å². The van der Waals surface area contributed by atoms with E-state index in [1.807, 2.05) is 0 Å². The van der Waals surface area contributed by atoms with Crippen molar-refractivity contribution in [2.24, 2.45) is 0 Å². The van der Waals surface area contributed by atoms with Crippen LogP contribution in [0.15, 0.2) is 41.3 Å². The lowest BCUT2D eigenvalue weighted by Gasteiger charge is -2.13. The van der Waals surface area contributed by atoms with Crippen molar-refractivity contribution in [2.45, 2.75) is 29.9 Å². The molecule has 1 N–H and O–H groups in total. The van der Waals surface area contributed by atoms with Crippen molar-refractivity contribution >= 4 is 23.4 Å². The van der Waals surface area contributed by atoms with Crippen LogP contribution in [0.2, 0.25) is 0 Å². The van der Waals surface area contributed by atoms with Gasteiger partial charge in [-0.05, 0) is 48.9 Å². The van der Waals surface area contributed by atoms with Gasteiger partial charge in [-0.1, -0.05) is 11.8 Å². The van der Waals surface area contributed by atoms with E-state index in [0.717, 1.165) is 24.3 Å². The summed E-state index contributed by atoms with van der Waals surface area (Å²) in [6, 6.07) is 5.13. The number of aryl methyl sites for hydroxylation is 1. The second kappa shape index (κ2) is 8.20. The highest BCUT2D eigenvalue weighted by Crippen LogP contribution is 2.34. The van der Waals surface area contributed by atoms with E-state index < -0.39 is 41.1 Å². The third-order valence-electron chi connectivity index (χ3n) is 3.42. The second-order valence-electron chi connectivity index (χ2n) is 5.43. The van der Waals surface area contributed by atoms with Crippen molar-refractivity contribution in [3.05, 3.63) is 58.9 Å². The normalized spacial score (nSPS) is 12.9. The summed E-state index contributed by atoms with van der Waals surface area (Å²) in [5.74, 6) is -1.81. The Kier molecular flexibility index (Phi) is 6.40. The van der Waals surface area contributed by atoms with Gasteiger partial charge in [-0.15, -0.1) is 0 Å². The van der Waals surface area contributed by atoms with Gasteiger partial charge in [-0.2, -0.15) is 13.2 Å². The maximum absolute atomic E-state index is 14.0. The standard InChI is InChI=1S/C17H12F7NOS/c1-8-6-11(18)12(7-13(8)27-15(21)14(19)20)25-16(26)9-2-4-10(5-3-9)17(22,23)24/h2-7,14-15H,1H3,(H,25,26). The molecule has 0 aliphatic heterocycles. The smallest absolute Gasteiger partial charge is 0.319 e. The van der Waals surface area contributed by atoms with E-state index in [2.05, 4.69) is 5.32 Å². The molecule has 27 heavy (non-hydrogen) atoms. The quantitative estimate of drug-likeness (QED) is 0.479. The maximum atomic E-state index is 14.0. The molecular formula is C17H12F7NOS. The number of nitrogens with one attached hydrogen (secondary N) is 1. The van der Waals surface area contributed by atoms with Crippen molar-refractivity contribution in [2.75, 3.05) is 5.32 Å². The first-order valence-electron chi connectivity index (χ1n) is 7.36. The van der Waals surface area contributed by atoms with Crippen LogP contribution in [-0.2, 0) is 6.18 Å². The lowest BCUT2D eigenvalue weighted by molar-refractivity contribution is -0.137. The van der Waals surface area contributed by atoms with Crippen LogP contribution < -0.4 is 5.32 Å². The molecule has 1 amide bonds. The molecule has 10 heteroatoms. The Bertz CT molecular complexity index is 821. The summed E-state index contributed by atoms with van der Waals surface area (Å²) in [5.41, 5.74) is -3.89. The number of alkyl halides is 6. The van der Waals surface area contributed by atoms with E-state index in [9.17, 15) is 35.5 Å². The zero-order valence-electron chi connectivity index (χ0n) is 13.6. The number of hydrogen-bond donors (Lipinski definition) is 1. The first kappa shape index (κ1) is 21.1. The fourth-order valence-electron chi connectivity index (χ4n) is 2.05. The van der Waals surface area contributed by atoms with E-state index in [1.165, 1.54) is 6.92 Å². The van der Waals surface area contributed by atoms with Gasteiger partial charge < -0.3 is 5.32 Å². The van der Waals surface area contributed by atoms with Gasteiger partial charge in [-0.25, -0.2) is 17.6 Å². The molecule has 0 aliphatic rings. The summed E-state index contributed by atoms with van der Waals surface area (Å²) in [4.78, 5) is 12.1. The lowest BCUT2D eigenvalue weighted by atomic mass is 10.1. The zero-order chi connectivity index (χ0) is 20.4. The topological polar surface area (TPSA) is 29.1 Å². The highest BCUT2D eigenvalue weighted by molar-refractivity contribution is 7.99. The molecule has 2 nitrogen and oxygen atoms in total. The molecule has 0 aromatic heterocycles. The van der Waals surface area contributed by atoms with E-state index in [4.69, 9.17) is 0 Å². The molecule has 0 saturated heterocycles. The van der Waals surface area contributed by atoms with Crippen LogP contribution in [0.1, 0.15) is 21.5 Å². The van der Waals surface area contributed by atoms with Crippen LogP contribution >= 0.6 is 11.8 Å². The van der Waals surface area contributed by atoms with Crippen LogP contribution in [0.4, 0.5) is 36.4 Å². The predicted molar refractivity (Wildman–Crippen MR) is 87.3 cm³/mol. The highest BCUT2D eigenvalue weighted by Gasteiger charge is 2.30. The first-order valence-corrected chi connectivity index (χ1v) is 8.24. The number of anilines is 1. The minimum atomic E-state index is -4.57. The summed E-state index contributed by atoms with van der Waals surface area (Å²) in [6.45, 7) is 1.38. The highest BCUT2D eigenvalue weighted by atomic mass is 32.2. The van der Waals surface area contributed by atoms with E-state index in [-0.39, 0.29) is 27.8 Å². The van der Waals surface area contributed by atoms with Crippen molar-refractivity contribution in [3.8, 4) is 0 Å². The summed E-state index contributed by atoms with van der Waals surface area (Å²) in [7, 11) is 0. The lowest BCUT2D eigenvalue weighted by Crippen LogP contribution is -2.14. The second-order valence-corrected chi connectivity index (χ2v) is 6.56. The Hall–Kier alpha value is -2.23. The SMILES string of the molecule is Cc1cc(F)c(NC(=O)c2ccc(C(F)(F)F)cc2)cc1SC(F)C(F)F. The van der Waals surface area contributed by atoms with E-state index in [1.54, 1.807) is 0 Å². The van der Waals surface area contributed by atoms with Gasteiger partial charge in [0.25, 0.3) is 12.3 Å². The molecule has 2 aromatic carbocycles. The predicted octanol–water partition coefficient (Wildman–Crippen LogP) is 6.06. The number of amides is 1. The third-order valence-corrected chi connectivity index (χ3v) is 4.55. The van der Waals surface area contributed by atoms with Crippen molar-refractivity contribution in [1.29, 1.82) is 0 Å². The minimum absolute atomic E-state index is 0.00748. The fourth-order valence-corrected chi connectivity index (χ4v) is 2.83. The largest absolute Gasteiger partial charge is 0.416 e. The average Bonchev–Trinajstić information content (AvgIpc) is 2.58. The molecule has 0 aliphatic carbocycles. The number of halogens is 7. The van der Waals surface area contributed by atoms with Gasteiger partial charge in [-0.3, -0.25) is 4.79 Å². The summed E-state index contributed by atoms with van der Waals surface area (Å²) >= 11 is 0.169. The van der Waals surface area contributed by atoms with Crippen LogP contribution in [0.25, 0.3) is 0 Å². The summed E-state index contributed by atoms with van der Waals surface area (Å²) in [5, 5.41) is 2.14. The molecule has 0 spiro atoms. The maximum Gasteiger partial charge on any atom is 0.416 e. The van der Waals surface area contributed by atoms with Gasteiger partial charge in [0, 0.05) is 10.5 Å². The van der Waals surface area contributed by atoms with Crippen LogP contribution in [-0.4, -0.2) is 17.8 Å². The molecule has 0 bridgehead atoms. The molecule has 0 heterocycles. The van der Waals surface area contributed by atoms with Gasteiger partial charge in [0.2, 0.25) is 5.50 Å². The Morgan fingerprint density at radius 2 is 1.67 bits per heavy atom. The Labute approximate surface area is 153 Å². The number of rotatable bonds is 5. The average molecular weight is 411 g/mol. The number of thioether (sulfide) groups is 1. The molecule has 0 fully saturated rings. The number of carbonyl (C=O) groups excluding carboxylic acids is 1. The monoisotopic (exact) mass is 411 g/mol. The third kappa shape index (κ3) is 5.38. The molecule has 2 rings (SSSR count). The van der Waals surface area contributed by atoms with Gasteiger partial charge in [0.15, 0.2) is 0 Å². The first-order chi connectivity index (χ1) is 12.5. The van der Waals surface area contributed by atoms with Crippen molar-refractivity contribution < 1.29 is 35.5 Å². The minimum Gasteiger partial charge on any atom is -0.319 e. The van der Waals surface area contributed by atoms with Crippen molar-refractivity contribution in [3.63, 3.8) is 0 Å².